The fourth-order valence-corrected chi connectivity index (χ4v) is 4.55. The molecule has 1 amide bonds. The Bertz CT molecular complexity index is 1240. The van der Waals surface area contributed by atoms with Crippen LogP contribution in [0.15, 0.2) is 42.6 Å². The predicted molar refractivity (Wildman–Crippen MR) is 124 cm³/mol. The molecule has 2 heterocycles. The second kappa shape index (κ2) is 9.53. The van der Waals surface area contributed by atoms with Crippen molar-refractivity contribution in [3.8, 4) is 16.9 Å². The summed E-state index contributed by atoms with van der Waals surface area (Å²) in [7, 11) is 0. The van der Waals surface area contributed by atoms with Crippen LogP contribution in [0.25, 0.3) is 21.9 Å². The molecule has 1 aromatic heterocycles. The minimum Gasteiger partial charge on any atom is -0.481 e. The number of carbonyl (C=O) groups excluding carboxylic acids is 1. The van der Waals surface area contributed by atoms with Crippen molar-refractivity contribution in [2.45, 2.75) is 25.9 Å². The molecule has 0 spiro atoms. The summed E-state index contributed by atoms with van der Waals surface area (Å²) in [4.78, 5) is 29.9. The zero-order valence-corrected chi connectivity index (χ0v) is 19.2. The fourth-order valence-electron chi connectivity index (χ4n) is 4.08. The first kappa shape index (κ1) is 23.3. The van der Waals surface area contributed by atoms with Crippen LogP contribution in [0, 0.1) is 11.7 Å². The first-order valence-corrected chi connectivity index (χ1v) is 11.2. The van der Waals surface area contributed by atoms with E-state index in [1.807, 2.05) is 0 Å². The minimum atomic E-state index is -0.894. The Balaban J connectivity index is 1.59. The third-order valence-corrected chi connectivity index (χ3v) is 6.39. The quantitative estimate of drug-likeness (QED) is 0.481. The number of piperidine rings is 1. The number of rotatable bonds is 5. The number of hydrogen-bond donors (Lipinski definition) is 1. The number of hydrogen-bond acceptors (Lipinski definition) is 4. The molecule has 0 aliphatic carbocycles. The van der Waals surface area contributed by atoms with Crippen LogP contribution in [0.1, 0.15) is 19.8 Å². The van der Waals surface area contributed by atoms with Crippen molar-refractivity contribution in [1.82, 2.24) is 9.88 Å². The first-order chi connectivity index (χ1) is 15.7. The van der Waals surface area contributed by atoms with Gasteiger partial charge in [-0.25, -0.2) is 9.37 Å². The van der Waals surface area contributed by atoms with Crippen LogP contribution in [-0.4, -0.2) is 46.1 Å². The molecule has 3 aromatic rings. The highest BCUT2D eigenvalue weighted by Crippen LogP contribution is 2.37. The lowest BCUT2D eigenvalue weighted by Gasteiger charge is -2.32. The van der Waals surface area contributed by atoms with Crippen molar-refractivity contribution in [1.29, 1.82) is 0 Å². The molecule has 9 heteroatoms. The van der Waals surface area contributed by atoms with Gasteiger partial charge in [-0.3, -0.25) is 9.59 Å². The molecule has 1 aliphatic heterocycles. The number of nitrogens with zero attached hydrogens (tertiary/aromatic N) is 2. The second-order valence-electron chi connectivity index (χ2n) is 8.02. The largest absolute Gasteiger partial charge is 0.481 e. The van der Waals surface area contributed by atoms with E-state index in [0.29, 0.717) is 41.6 Å². The topological polar surface area (TPSA) is 79.7 Å². The van der Waals surface area contributed by atoms with Crippen molar-refractivity contribution < 1.29 is 23.8 Å². The third-order valence-electron chi connectivity index (χ3n) is 5.77. The van der Waals surface area contributed by atoms with Crippen LogP contribution in [0.4, 0.5) is 4.39 Å². The van der Waals surface area contributed by atoms with Gasteiger partial charge in [0.25, 0.3) is 5.91 Å². The normalized spacial score (nSPS) is 17.1. The molecule has 0 bridgehead atoms. The molecule has 0 saturated carbocycles. The number of benzene rings is 2. The number of likely N-dealkylation sites (tertiary alicyclic amines) is 1. The zero-order chi connectivity index (χ0) is 23.7. The molecule has 172 valence electrons. The van der Waals surface area contributed by atoms with Crippen molar-refractivity contribution in [2.75, 3.05) is 13.1 Å². The average Bonchev–Trinajstić information content (AvgIpc) is 2.79. The van der Waals surface area contributed by atoms with E-state index in [0.717, 1.165) is 5.39 Å². The number of carboxylic acid groups (broad SMARTS) is 1. The summed E-state index contributed by atoms with van der Waals surface area (Å²) >= 11 is 12.6. The van der Waals surface area contributed by atoms with E-state index in [1.165, 1.54) is 17.0 Å². The van der Waals surface area contributed by atoms with Crippen molar-refractivity contribution in [3.63, 3.8) is 0 Å². The van der Waals surface area contributed by atoms with E-state index >= 15 is 0 Å². The maximum Gasteiger partial charge on any atom is 0.308 e. The molecule has 0 unspecified atom stereocenters. The first-order valence-electron chi connectivity index (χ1n) is 10.5. The van der Waals surface area contributed by atoms with Gasteiger partial charge in [-0.1, -0.05) is 23.2 Å². The number of carbonyl (C=O) groups is 2. The summed E-state index contributed by atoms with van der Waals surface area (Å²) in [6.45, 7) is 2.31. The van der Waals surface area contributed by atoms with E-state index in [1.54, 1.807) is 37.4 Å². The van der Waals surface area contributed by atoms with E-state index < -0.39 is 23.8 Å². The SMILES string of the molecule is C[C@@H](Oc1ccc2c(-c3ccc(F)cc3Cl)cnc(Cl)c2c1)C(=O)N1CCC[C@@H](C(=O)O)C1. The summed E-state index contributed by atoms with van der Waals surface area (Å²) in [5.74, 6) is -1.74. The monoisotopic (exact) mass is 490 g/mol. The van der Waals surface area contributed by atoms with E-state index in [9.17, 15) is 19.1 Å². The lowest BCUT2D eigenvalue weighted by Crippen LogP contribution is -2.47. The van der Waals surface area contributed by atoms with Gasteiger partial charge in [0.2, 0.25) is 0 Å². The highest BCUT2D eigenvalue weighted by Gasteiger charge is 2.31. The van der Waals surface area contributed by atoms with Crippen molar-refractivity contribution in [2.24, 2.45) is 5.92 Å². The van der Waals surface area contributed by atoms with Crippen LogP contribution < -0.4 is 4.74 Å². The Hall–Kier alpha value is -2.90. The van der Waals surface area contributed by atoms with Crippen molar-refractivity contribution >= 4 is 45.9 Å². The Labute approximate surface area is 199 Å². The summed E-state index contributed by atoms with van der Waals surface area (Å²) in [5, 5.41) is 11.1. The van der Waals surface area contributed by atoms with Gasteiger partial charge in [-0.05, 0) is 61.5 Å². The molecular weight excluding hydrogens is 470 g/mol. The molecule has 1 fully saturated rings. The van der Waals surface area contributed by atoms with E-state index in [2.05, 4.69) is 4.98 Å². The number of aromatic nitrogens is 1. The van der Waals surface area contributed by atoms with Gasteiger partial charge in [0.05, 0.1) is 10.9 Å². The van der Waals surface area contributed by atoms with E-state index in [4.69, 9.17) is 27.9 Å². The van der Waals surface area contributed by atoms with Crippen LogP contribution in [0.5, 0.6) is 5.75 Å². The molecule has 0 radical (unpaired) electrons. The predicted octanol–water partition coefficient (Wildman–Crippen LogP) is 5.44. The Morgan fingerprint density at radius 1 is 1.18 bits per heavy atom. The zero-order valence-electron chi connectivity index (χ0n) is 17.7. The maximum absolute atomic E-state index is 13.5. The number of aliphatic carboxylic acids is 1. The van der Waals surface area contributed by atoms with Gasteiger partial charge in [-0.15, -0.1) is 0 Å². The summed E-state index contributed by atoms with van der Waals surface area (Å²) in [5.41, 5.74) is 1.30. The van der Waals surface area contributed by atoms with Crippen LogP contribution >= 0.6 is 23.2 Å². The van der Waals surface area contributed by atoms with E-state index in [-0.39, 0.29) is 22.6 Å². The van der Waals surface area contributed by atoms with Gasteiger partial charge in [0, 0.05) is 35.8 Å². The minimum absolute atomic E-state index is 0.178. The molecule has 6 nitrogen and oxygen atoms in total. The molecule has 1 aliphatic rings. The smallest absolute Gasteiger partial charge is 0.308 e. The molecule has 2 aromatic carbocycles. The maximum atomic E-state index is 13.5. The number of amides is 1. The summed E-state index contributed by atoms with van der Waals surface area (Å²) in [6, 6.07) is 9.31. The van der Waals surface area contributed by atoms with Gasteiger partial charge >= 0.3 is 5.97 Å². The number of halogens is 3. The number of fused-ring (bicyclic) bond motifs is 1. The van der Waals surface area contributed by atoms with Crippen LogP contribution in [0.3, 0.4) is 0 Å². The lowest BCUT2D eigenvalue weighted by molar-refractivity contribution is -0.147. The highest BCUT2D eigenvalue weighted by atomic mass is 35.5. The van der Waals surface area contributed by atoms with Gasteiger partial charge in [-0.2, -0.15) is 0 Å². The van der Waals surface area contributed by atoms with Gasteiger partial charge < -0.3 is 14.7 Å². The molecule has 4 rings (SSSR count). The number of ether oxygens (including phenoxy) is 1. The highest BCUT2D eigenvalue weighted by molar-refractivity contribution is 6.36. The molecule has 1 saturated heterocycles. The molecule has 2 atom stereocenters. The lowest BCUT2D eigenvalue weighted by atomic mass is 9.98. The Kier molecular flexibility index (Phi) is 6.72. The number of pyridine rings is 1. The summed E-state index contributed by atoms with van der Waals surface area (Å²) < 4.78 is 19.4. The fraction of sp³-hybridized carbons (Fsp3) is 0.292. The summed E-state index contributed by atoms with van der Waals surface area (Å²) in [6.07, 6.45) is 1.97. The van der Waals surface area contributed by atoms with Crippen molar-refractivity contribution in [3.05, 3.63) is 58.6 Å². The van der Waals surface area contributed by atoms with Crippen LogP contribution in [0.2, 0.25) is 10.2 Å². The molecule has 33 heavy (non-hydrogen) atoms. The Morgan fingerprint density at radius 2 is 1.97 bits per heavy atom. The van der Waals surface area contributed by atoms with Gasteiger partial charge in [0.15, 0.2) is 6.10 Å². The number of carboxylic acids is 1. The standard InChI is InChI=1S/C24H21Cl2FN2O4/c1-13(23(30)29-8-2-3-14(12-29)24(31)32)33-16-5-7-17-19(10-16)22(26)28-11-20(17)18-6-4-15(27)9-21(18)25/h4-7,9-11,13-14H,2-3,8,12H2,1H3,(H,31,32)/t13-,14-/m1/s1. The van der Waals surface area contributed by atoms with Gasteiger partial charge in [0.1, 0.15) is 16.7 Å². The molecule has 1 N–H and O–H groups in total. The molecular formula is C24H21Cl2FN2O4. The Morgan fingerprint density at radius 3 is 2.70 bits per heavy atom. The van der Waals surface area contributed by atoms with Crippen LogP contribution in [-0.2, 0) is 9.59 Å². The second-order valence-corrected chi connectivity index (χ2v) is 8.78. The average molecular weight is 491 g/mol. The third kappa shape index (κ3) is 4.89.